The summed E-state index contributed by atoms with van der Waals surface area (Å²) < 4.78 is 5.19. The van der Waals surface area contributed by atoms with Crippen LogP contribution in [0.1, 0.15) is 5.56 Å². The molecule has 0 aromatic heterocycles. The summed E-state index contributed by atoms with van der Waals surface area (Å²) in [5.74, 6) is 0.781. The predicted molar refractivity (Wildman–Crippen MR) is 67.2 cm³/mol. The highest BCUT2D eigenvalue weighted by atomic mass is 16.5. The molecule has 0 aliphatic rings. The Labute approximate surface area is 102 Å². The minimum atomic E-state index is -0.175. The van der Waals surface area contributed by atoms with Crippen molar-refractivity contribution in [2.75, 3.05) is 27.2 Å². The van der Waals surface area contributed by atoms with Crippen molar-refractivity contribution in [3.05, 3.63) is 29.8 Å². The summed E-state index contributed by atoms with van der Waals surface area (Å²) in [4.78, 5) is 11.4. The van der Waals surface area contributed by atoms with Crippen LogP contribution in [0.3, 0.4) is 0 Å². The van der Waals surface area contributed by atoms with Crippen LogP contribution in [-0.2, 0) is 6.54 Å². The molecule has 1 aromatic carbocycles. The quantitative estimate of drug-likeness (QED) is 0.639. The van der Waals surface area contributed by atoms with Crippen LogP contribution >= 0.6 is 0 Å². The number of hydrogen-bond acceptors (Lipinski definition) is 3. The fourth-order valence-electron chi connectivity index (χ4n) is 1.39. The Hall–Kier alpha value is -1.75. The summed E-state index contributed by atoms with van der Waals surface area (Å²) in [7, 11) is 3.46. The van der Waals surface area contributed by atoms with Gasteiger partial charge >= 0.3 is 6.03 Å². The number of amides is 2. The SMILES string of the molecule is CNCCNC(=O)NCc1ccccc1OC. The van der Waals surface area contributed by atoms with Gasteiger partial charge in [-0.2, -0.15) is 0 Å². The van der Waals surface area contributed by atoms with E-state index >= 15 is 0 Å². The maximum absolute atomic E-state index is 11.4. The van der Waals surface area contributed by atoms with Gasteiger partial charge in [0.05, 0.1) is 7.11 Å². The first kappa shape index (κ1) is 13.3. The van der Waals surface area contributed by atoms with Crippen molar-refractivity contribution < 1.29 is 9.53 Å². The molecule has 0 spiro atoms. The Balaban J connectivity index is 2.36. The summed E-state index contributed by atoms with van der Waals surface area (Å²) >= 11 is 0. The highest BCUT2D eigenvalue weighted by molar-refractivity contribution is 5.73. The van der Waals surface area contributed by atoms with Gasteiger partial charge in [-0.15, -0.1) is 0 Å². The number of methoxy groups -OCH3 is 1. The van der Waals surface area contributed by atoms with Crippen molar-refractivity contribution in [2.24, 2.45) is 0 Å². The number of urea groups is 1. The lowest BCUT2D eigenvalue weighted by Gasteiger charge is -2.10. The fraction of sp³-hybridized carbons (Fsp3) is 0.417. The number of ether oxygens (including phenoxy) is 1. The molecule has 0 aliphatic heterocycles. The van der Waals surface area contributed by atoms with Gasteiger partial charge in [0.2, 0.25) is 0 Å². The zero-order valence-electron chi connectivity index (χ0n) is 10.2. The largest absolute Gasteiger partial charge is 0.496 e. The van der Waals surface area contributed by atoms with Crippen molar-refractivity contribution in [3.8, 4) is 5.75 Å². The van der Waals surface area contributed by atoms with Gasteiger partial charge in [-0.1, -0.05) is 18.2 Å². The van der Waals surface area contributed by atoms with Crippen LogP contribution in [0.4, 0.5) is 4.79 Å². The Morgan fingerprint density at radius 1 is 1.24 bits per heavy atom. The van der Waals surface area contributed by atoms with E-state index in [-0.39, 0.29) is 6.03 Å². The molecule has 5 heteroatoms. The lowest BCUT2D eigenvalue weighted by atomic mass is 10.2. The molecule has 17 heavy (non-hydrogen) atoms. The van der Waals surface area contributed by atoms with Gasteiger partial charge in [-0.05, 0) is 13.1 Å². The normalized spacial score (nSPS) is 9.76. The highest BCUT2D eigenvalue weighted by Gasteiger charge is 2.03. The van der Waals surface area contributed by atoms with E-state index in [0.717, 1.165) is 17.9 Å². The van der Waals surface area contributed by atoms with Gasteiger partial charge in [0.1, 0.15) is 5.75 Å². The van der Waals surface area contributed by atoms with E-state index in [9.17, 15) is 4.79 Å². The summed E-state index contributed by atoms with van der Waals surface area (Å²) in [6.07, 6.45) is 0. The lowest BCUT2D eigenvalue weighted by molar-refractivity contribution is 0.240. The van der Waals surface area contributed by atoms with E-state index in [0.29, 0.717) is 13.1 Å². The summed E-state index contributed by atoms with van der Waals surface area (Å²) in [6.45, 7) is 1.81. The van der Waals surface area contributed by atoms with Crippen molar-refractivity contribution >= 4 is 6.03 Å². The number of carbonyl (C=O) groups is 1. The van der Waals surface area contributed by atoms with Crippen LogP contribution < -0.4 is 20.7 Å². The van der Waals surface area contributed by atoms with E-state index in [1.165, 1.54) is 0 Å². The second kappa shape index (κ2) is 7.51. The minimum Gasteiger partial charge on any atom is -0.496 e. The van der Waals surface area contributed by atoms with E-state index in [1.54, 1.807) is 7.11 Å². The third kappa shape index (κ3) is 4.74. The Morgan fingerprint density at radius 3 is 2.71 bits per heavy atom. The molecule has 1 rings (SSSR count). The van der Waals surface area contributed by atoms with Crippen LogP contribution in [0.5, 0.6) is 5.75 Å². The summed E-state index contributed by atoms with van der Waals surface area (Å²) in [5.41, 5.74) is 0.957. The average Bonchev–Trinajstić information content (AvgIpc) is 2.37. The number of rotatable bonds is 6. The van der Waals surface area contributed by atoms with Crippen molar-refractivity contribution in [3.63, 3.8) is 0 Å². The molecule has 0 unspecified atom stereocenters. The lowest BCUT2D eigenvalue weighted by Crippen LogP contribution is -2.38. The second-order valence-corrected chi connectivity index (χ2v) is 3.52. The fourth-order valence-corrected chi connectivity index (χ4v) is 1.39. The van der Waals surface area contributed by atoms with E-state index in [2.05, 4.69) is 16.0 Å². The van der Waals surface area contributed by atoms with E-state index in [1.807, 2.05) is 31.3 Å². The third-order valence-electron chi connectivity index (χ3n) is 2.29. The van der Waals surface area contributed by atoms with Crippen LogP contribution in [-0.4, -0.2) is 33.3 Å². The van der Waals surface area contributed by atoms with Crippen LogP contribution in [0.25, 0.3) is 0 Å². The van der Waals surface area contributed by atoms with Crippen molar-refractivity contribution in [1.29, 1.82) is 0 Å². The van der Waals surface area contributed by atoms with Gasteiger partial charge in [0.25, 0.3) is 0 Å². The summed E-state index contributed by atoms with van der Waals surface area (Å²) in [6, 6.07) is 7.43. The molecule has 1 aromatic rings. The minimum absolute atomic E-state index is 0.175. The maximum atomic E-state index is 11.4. The molecule has 94 valence electrons. The van der Waals surface area contributed by atoms with E-state index in [4.69, 9.17) is 4.74 Å². The van der Waals surface area contributed by atoms with Crippen LogP contribution in [0.15, 0.2) is 24.3 Å². The van der Waals surface area contributed by atoms with Crippen molar-refractivity contribution in [1.82, 2.24) is 16.0 Å². The molecule has 0 bridgehead atoms. The standard InChI is InChI=1S/C12H19N3O2/c1-13-7-8-14-12(16)15-9-10-5-3-4-6-11(10)17-2/h3-6,13H,7-9H2,1-2H3,(H2,14,15,16). The van der Waals surface area contributed by atoms with Gasteiger partial charge in [-0.25, -0.2) is 4.79 Å². The first-order valence-electron chi connectivity index (χ1n) is 5.56. The Bertz CT molecular complexity index is 355. The number of para-hydroxylation sites is 1. The van der Waals surface area contributed by atoms with Gasteiger partial charge in [0.15, 0.2) is 0 Å². The topological polar surface area (TPSA) is 62.4 Å². The van der Waals surface area contributed by atoms with Gasteiger partial charge in [-0.3, -0.25) is 0 Å². The predicted octanol–water partition coefficient (Wildman–Crippen LogP) is 0.714. The monoisotopic (exact) mass is 237 g/mol. The molecule has 5 nitrogen and oxygen atoms in total. The van der Waals surface area contributed by atoms with Crippen LogP contribution in [0, 0.1) is 0 Å². The van der Waals surface area contributed by atoms with Gasteiger partial charge in [0, 0.05) is 25.2 Å². The number of likely N-dealkylation sites (N-methyl/N-ethyl adjacent to an activating group) is 1. The second-order valence-electron chi connectivity index (χ2n) is 3.52. The first-order chi connectivity index (χ1) is 8.27. The zero-order chi connectivity index (χ0) is 12.5. The number of carbonyl (C=O) groups excluding carboxylic acids is 1. The number of benzene rings is 1. The van der Waals surface area contributed by atoms with Crippen LogP contribution in [0.2, 0.25) is 0 Å². The molecule has 0 heterocycles. The molecule has 0 fully saturated rings. The smallest absolute Gasteiger partial charge is 0.315 e. The molecule has 2 amide bonds. The third-order valence-corrected chi connectivity index (χ3v) is 2.29. The summed E-state index contributed by atoms with van der Waals surface area (Å²) in [5, 5.41) is 8.47. The molecule has 0 atom stereocenters. The molecular formula is C12H19N3O2. The molecule has 0 saturated heterocycles. The van der Waals surface area contributed by atoms with Gasteiger partial charge < -0.3 is 20.7 Å². The first-order valence-corrected chi connectivity index (χ1v) is 5.56. The Kier molecular flexibility index (Phi) is 5.88. The molecule has 0 aliphatic carbocycles. The zero-order valence-corrected chi connectivity index (χ0v) is 10.2. The van der Waals surface area contributed by atoms with Crippen molar-refractivity contribution in [2.45, 2.75) is 6.54 Å². The highest BCUT2D eigenvalue weighted by Crippen LogP contribution is 2.16. The van der Waals surface area contributed by atoms with E-state index < -0.39 is 0 Å². The molecule has 3 N–H and O–H groups in total. The average molecular weight is 237 g/mol. The number of nitrogens with one attached hydrogen (secondary N) is 3. The molecule has 0 saturated carbocycles. The maximum Gasteiger partial charge on any atom is 0.315 e. The Morgan fingerprint density at radius 2 is 2.00 bits per heavy atom. The number of hydrogen-bond donors (Lipinski definition) is 3. The molecule has 0 radical (unpaired) electrons. The molecular weight excluding hydrogens is 218 g/mol.